The highest BCUT2D eigenvalue weighted by Crippen LogP contribution is 2.36. The summed E-state index contributed by atoms with van der Waals surface area (Å²) in [5.41, 5.74) is 0.0905. The van der Waals surface area contributed by atoms with Gasteiger partial charge < -0.3 is 9.80 Å². The second-order valence-corrected chi connectivity index (χ2v) is 7.29. The number of likely N-dealkylation sites (tertiary alicyclic amines) is 2. The van der Waals surface area contributed by atoms with Gasteiger partial charge in [-0.1, -0.05) is 6.92 Å². The molecule has 0 spiro atoms. The molecule has 1 unspecified atom stereocenters. The summed E-state index contributed by atoms with van der Waals surface area (Å²) in [7, 11) is 1.77. The molecule has 3 heterocycles. The standard InChI is InChI=1S/C15H21N3O2S/c1-15(14-16-5-8-21-14)3-6-18(7-4-15)13(20)11-9-12(19)17(2)10-11/h5,8,11H,3-4,6-7,9-10H2,1-2H3. The largest absolute Gasteiger partial charge is 0.345 e. The lowest BCUT2D eigenvalue weighted by atomic mass is 9.80. The number of piperidine rings is 1. The quantitative estimate of drug-likeness (QED) is 0.832. The summed E-state index contributed by atoms with van der Waals surface area (Å²) < 4.78 is 0. The van der Waals surface area contributed by atoms with Crippen molar-refractivity contribution in [1.29, 1.82) is 0 Å². The number of thiazole rings is 1. The number of carbonyl (C=O) groups is 2. The average Bonchev–Trinajstić information content (AvgIpc) is 3.10. The highest BCUT2D eigenvalue weighted by molar-refractivity contribution is 7.09. The van der Waals surface area contributed by atoms with Gasteiger partial charge in [0.25, 0.3) is 0 Å². The summed E-state index contributed by atoms with van der Waals surface area (Å²) in [5, 5.41) is 3.18. The molecule has 114 valence electrons. The number of aromatic nitrogens is 1. The van der Waals surface area contributed by atoms with E-state index >= 15 is 0 Å². The maximum absolute atomic E-state index is 12.5. The van der Waals surface area contributed by atoms with Gasteiger partial charge in [-0.2, -0.15) is 0 Å². The molecule has 2 aliphatic heterocycles. The smallest absolute Gasteiger partial charge is 0.227 e. The van der Waals surface area contributed by atoms with E-state index in [4.69, 9.17) is 0 Å². The highest BCUT2D eigenvalue weighted by atomic mass is 32.1. The predicted molar refractivity (Wildman–Crippen MR) is 81.0 cm³/mol. The minimum Gasteiger partial charge on any atom is -0.345 e. The van der Waals surface area contributed by atoms with Gasteiger partial charge in [-0.3, -0.25) is 9.59 Å². The van der Waals surface area contributed by atoms with E-state index in [0.29, 0.717) is 13.0 Å². The molecule has 0 bridgehead atoms. The van der Waals surface area contributed by atoms with Crippen LogP contribution in [0.5, 0.6) is 0 Å². The molecule has 0 aliphatic carbocycles. The molecule has 2 fully saturated rings. The Kier molecular flexibility index (Phi) is 3.73. The fourth-order valence-corrected chi connectivity index (χ4v) is 4.10. The molecule has 2 aliphatic rings. The van der Waals surface area contributed by atoms with Crippen LogP contribution in [0.1, 0.15) is 31.2 Å². The van der Waals surface area contributed by atoms with Crippen LogP contribution in [0.25, 0.3) is 0 Å². The van der Waals surface area contributed by atoms with Gasteiger partial charge in [0.05, 0.1) is 10.9 Å². The van der Waals surface area contributed by atoms with Crippen LogP contribution >= 0.6 is 11.3 Å². The number of hydrogen-bond donors (Lipinski definition) is 0. The zero-order valence-corrected chi connectivity index (χ0v) is 13.4. The van der Waals surface area contributed by atoms with E-state index in [1.54, 1.807) is 23.3 Å². The van der Waals surface area contributed by atoms with Crippen LogP contribution in [0, 0.1) is 5.92 Å². The molecular weight excluding hydrogens is 286 g/mol. The SMILES string of the molecule is CN1CC(C(=O)N2CCC(C)(c3nccs3)CC2)CC1=O. The molecular formula is C15H21N3O2S. The zero-order valence-electron chi connectivity index (χ0n) is 12.5. The lowest BCUT2D eigenvalue weighted by Crippen LogP contribution is -2.46. The van der Waals surface area contributed by atoms with Crippen LogP contribution in [-0.4, -0.2) is 53.3 Å². The normalized spacial score (nSPS) is 25.4. The molecule has 1 aromatic heterocycles. The summed E-state index contributed by atoms with van der Waals surface area (Å²) in [6.07, 6.45) is 4.11. The average molecular weight is 307 g/mol. The first-order valence-corrected chi connectivity index (χ1v) is 8.30. The number of nitrogens with zero attached hydrogens (tertiary/aromatic N) is 3. The van der Waals surface area contributed by atoms with E-state index in [2.05, 4.69) is 11.9 Å². The first-order valence-electron chi connectivity index (χ1n) is 7.42. The van der Waals surface area contributed by atoms with Crippen molar-refractivity contribution >= 4 is 23.2 Å². The van der Waals surface area contributed by atoms with Gasteiger partial charge in [-0.25, -0.2) is 4.98 Å². The third-order valence-electron chi connectivity index (χ3n) is 4.82. The van der Waals surface area contributed by atoms with Gasteiger partial charge in [-0.05, 0) is 12.8 Å². The Labute approximate surface area is 129 Å². The Balaban J connectivity index is 1.61. The Morgan fingerprint density at radius 3 is 2.67 bits per heavy atom. The molecule has 0 saturated carbocycles. The minimum atomic E-state index is -0.147. The van der Waals surface area contributed by atoms with E-state index in [1.165, 1.54) is 5.01 Å². The summed E-state index contributed by atoms with van der Waals surface area (Å²) in [4.78, 5) is 32.1. The first-order chi connectivity index (χ1) is 9.99. The van der Waals surface area contributed by atoms with Gasteiger partial charge in [0.1, 0.15) is 0 Å². The Morgan fingerprint density at radius 2 is 2.14 bits per heavy atom. The van der Waals surface area contributed by atoms with Crippen molar-refractivity contribution in [2.45, 2.75) is 31.6 Å². The van der Waals surface area contributed by atoms with Gasteiger partial charge >= 0.3 is 0 Å². The maximum atomic E-state index is 12.5. The van der Waals surface area contributed by atoms with E-state index in [0.717, 1.165) is 25.9 Å². The van der Waals surface area contributed by atoms with Crippen LogP contribution in [-0.2, 0) is 15.0 Å². The van der Waals surface area contributed by atoms with Crippen LogP contribution < -0.4 is 0 Å². The monoisotopic (exact) mass is 307 g/mol. The minimum absolute atomic E-state index is 0.0815. The topological polar surface area (TPSA) is 53.5 Å². The van der Waals surface area contributed by atoms with E-state index in [9.17, 15) is 9.59 Å². The van der Waals surface area contributed by atoms with Gasteiger partial charge in [0.2, 0.25) is 11.8 Å². The Bertz CT molecular complexity index is 535. The van der Waals surface area contributed by atoms with Crippen molar-refractivity contribution in [2.75, 3.05) is 26.7 Å². The second-order valence-electron chi connectivity index (χ2n) is 6.40. The van der Waals surface area contributed by atoms with Crippen molar-refractivity contribution in [3.05, 3.63) is 16.6 Å². The molecule has 21 heavy (non-hydrogen) atoms. The highest BCUT2D eigenvalue weighted by Gasteiger charge is 2.39. The first kappa shape index (κ1) is 14.5. The summed E-state index contributed by atoms with van der Waals surface area (Å²) in [6.45, 7) is 4.34. The van der Waals surface area contributed by atoms with Gasteiger partial charge in [0.15, 0.2) is 0 Å². The third-order valence-corrected chi connectivity index (χ3v) is 5.90. The number of rotatable bonds is 2. The fourth-order valence-electron chi connectivity index (χ4n) is 3.24. The van der Waals surface area contributed by atoms with Crippen molar-refractivity contribution in [1.82, 2.24) is 14.8 Å². The Hall–Kier alpha value is -1.43. The van der Waals surface area contributed by atoms with Crippen LogP contribution in [0.15, 0.2) is 11.6 Å². The zero-order chi connectivity index (χ0) is 15.0. The molecule has 2 saturated heterocycles. The Morgan fingerprint density at radius 1 is 1.43 bits per heavy atom. The molecule has 0 aromatic carbocycles. The molecule has 1 aromatic rings. The second kappa shape index (κ2) is 5.40. The van der Waals surface area contributed by atoms with E-state index < -0.39 is 0 Å². The predicted octanol–water partition coefficient (Wildman–Crippen LogP) is 1.50. The van der Waals surface area contributed by atoms with Crippen LogP contribution in [0.2, 0.25) is 0 Å². The lowest BCUT2D eigenvalue weighted by molar-refractivity contribution is -0.137. The van der Waals surface area contributed by atoms with Crippen molar-refractivity contribution in [3.8, 4) is 0 Å². The molecule has 0 radical (unpaired) electrons. The fraction of sp³-hybridized carbons (Fsp3) is 0.667. The number of carbonyl (C=O) groups excluding carboxylic acids is 2. The number of hydrogen-bond acceptors (Lipinski definition) is 4. The molecule has 3 rings (SSSR count). The summed E-state index contributed by atoms with van der Waals surface area (Å²) >= 11 is 1.70. The van der Waals surface area contributed by atoms with Crippen molar-refractivity contribution in [3.63, 3.8) is 0 Å². The number of amides is 2. The van der Waals surface area contributed by atoms with Gasteiger partial charge in [-0.15, -0.1) is 11.3 Å². The van der Waals surface area contributed by atoms with E-state index in [-0.39, 0.29) is 23.1 Å². The summed E-state index contributed by atoms with van der Waals surface area (Å²) in [5.74, 6) is 0.0820. The van der Waals surface area contributed by atoms with Crippen LogP contribution in [0.3, 0.4) is 0 Å². The van der Waals surface area contributed by atoms with E-state index in [1.807, 2.05) is 16.5 Å². The van der Waals surface area contributed by atoms with Gasteiger partial charge in [0, 0.05) is 50.1 Å². The van der Waals surface area contributed by atoms with Crippen molar-refractivity contribution < 1.29 is 9.59 Å². The molecule has 5 nitrogen and oxygen atoms in total. The molecule has 6 heteroatoms. The molecule has 0 N–H and O–H groups in total. The maximum Gasteiger partial charge on any atom is 0.227 e. The third kappa shape index (κ3) is 2.69. The molecule has 2 amide bonds. The van der Waals surface area contributed by atoms with Crippen molar-refractivity contribution in [2.24, 2.45) is 5.92 Å². The summed E-state index contributed by atoms with van der Waals surface area (Å²) in [6, 6.07) is 0. The molecule has 1 atom stereocenters. The lowest BCUT2D eigenvalue weighted by Gasteiger charge is -2.39. The van der Waals surface area contributed by atoms with Crippen LogP contribution in [0.4, 0.5) is 0 Å².